The Kier molecular flexibility index (Phi) is 8.43. The van der Waals surface area contributed by atoms with Crippen LogP contribution in [-0.2, 0) is 12.7 Å². The molecule has 0 aliphatic carbocycles. The van der Waals surface area contributed by atoms with Gasteiger partial charge in [0.05, 0.1) is 0 Å². The maximum atomic E-state index is 6.01. The van der Waals surface area contributed by atoms with Crippen molar-refractivity contribution in [2.45, 2.75) is 38.7 Å². The van der Waals surface area contributed by atoms with Gasteiger partial charge in [0.2, 0.25) is 0 Å². The minimum atomic E-state index is -2.38. The third-order valence-electron chi connectivity index (χ3n) is 1.76. The van der Waals surface area contributed by atoms with Gasteiger partial charge in [-0.05, 0) is 32.6 Å². The Morgan fingerprint density at radius 2 is 1.53 bits per heavy atom. The third-order valence-corrected chi connectivity index (χ3v) is 10.3. The lowest BCUT2D eigenvalue weighted by molar-refractivity contribution is 0.206. The van der Waals surface area contributed by atoms with Gasteiger partial charge in [0.25, 0.3) is 0 Å². The molecular formula is C8H23ClO3Si3. The minimum absolute atomic E-state index is 0.643. The fraction of sp³-hybridized carbons (Fsp3) is 1.00. The predicted molar refractivity (Wildman–Crippen MR) is 72.8 cm³/mol. The molecule has 0 aliphatic rings. The average molecular weight is 287 g/mol. The molecule has 0 aromatic heterocycles. The minimum Gasteiger partial charge on any atom is -0.419 e. The Morgan fingerprint density at radius 3 is 1.80 bits per heavy atom. The van der Waals surface area contributed by atoms with Crippen LogP contribution in [0.3, 0.4) is 0 Å². The van der Waals surface area contributed by atoms with E-state index in [-0.39, 0.29) is 0 Å². The molecule has 0 N–H and O–H groups in total. The van der Waals surface area contributed by atoms with E-state index in [0.717, 1.165) is 12.5 Å². The predicted octanol–water partition coefficient (Wildman–Crippen LogP) is 2.20. The summed E-state index contributed by atoms with van der Waals surface area (Å²) >= 11 is 5.72. The van der Waals surface area contributed by atoms with Crippen LogP contribution < -0.4 is 0 Å². The molecule has 0 unspecified atom stereocenters. The second kappa shape index (κ2) is 7.99. The van der Waals surface area contributed by atoms with Crippen LogP contribution in [0.4, 0.5) is 0 Å². The SMILES string of the molecule is CO[Si](CCCCl)(O[SiH](C)C)O[SiH](C)C. The molecule has 0 radical (unpaired) electrons. The lowest BCUT2D eigenvalue weighted by atomic mass is 10.6. The van der Waals surface area contributed by atoms with Crippen LogP contribution in [0.1, 0.15) is 6.42 Å². The first-order valence-electron chi connectivity index (χ1n) is 5.42. The fourth-order valence-corrected chi connectivity index (χ4v) is 10.7. The van der Waals surface area contributed by atoms with Gasteiger partial charge in [-0.2, -0.15) is 0 Å². The van der Waals surface area contributed by atoms with Crippen LogP contribution in [0.5, 0.6) is 0 Å². The lowest BCUT2D eigenvalue weighted by Gasteiger charge is -2.32. The Bertz CT molecular complexity index is 159. The molecule has 0 heterocycles. The van der Waals surface area contributed by atoms with Gasteiger partial charge in [0.1, 0.15) is 0 Å². The van der Waals surface area contributed by atoms with Gasteiger partial charge in [0.15, 0.2) is 18.1 Å². The molecule has 0 atom stereocenters. The summed E-state index contributed by atoms with van der Waals surface area (Å²) in [6.07, 6.45) is 0.907. The van der Waals surface area contributed by atoms with Crippen molar-refractivity contribution in [3.8, 4) is 0 Å². The number of alkyl halides is 1. The highest BCUT2D eigenvalue weighted by atomic mass is 35.5. The Morgan fingerprint density at radius 1 is 1.07 bits per heavy atom. The second-order valence-electron chi connectivity index (χ2n) is 4.01. The largest absolute Gasteiger partial charge is 0.479 e. The van der Waals surface area contributed by atoms with Gasteiger partial charge in [-0.3, -0.25) is 0 Å². The molecule has 0 rings (SSSR count). The number of halogens is 1. The Balaban J connectivity index is 4.44. The number of hydrogen-bond donors (Lipinski definition) is 0. The van der Waals surface area contributed by atoms with E-state index in [4.69, 9.17) is 24.3 Å². The number of hydrogen-bond acceptors (Lipinski definition) is 3. The normalized spacial score (nSPS) is 12.8. The standard InChI is InChI=1S/C8H23ClO3Si3/c1-10-15(8-6-7-9,11-13(2)3)12-14(4)5/h13-14H,6-8H2,1-5H3. The van der Waals surface area contributed by atoms with Gasteiger partial charge < -0.3 is 12.7 Å². The molecule has 15 heavy (non-hydrogen) atoms. The van der Waals surface area contributed by atoms with Crippen LogP contribution in [0, 0.1) is 0 Å². The molecule has 92 valence electrons. The molecule has 0 aliphatic heterocycles. The summed E-state index contributed by atoms with van der Waals surface area (Å²) in [4.78, 5) is 0. The van der Waals surface area contributed by atoms with Gasteiger partial charge in [-0.1, -0.05) is 0 Å². The van der Waals surface area contributed by atoms with Crippen molar-refractivity contribution >= 4 is 38.5 Å². The van der Waals surface area contributed by atoms with Crippen LogP contribution in [0.2, 0.25) is 32.2 Å². The van der Waals surface area contributed by atoms with Gasteiger partial charge in [0, 0.05) is 19.0 Å². The van der Waals surface area contributed by atoms with Gasteiger partial charge in [-0.15, -0.1) is 11.6 Å². The van der Waals surface area contributed by atoms with Crippen molar-refractivity contribution in [2.75, 3.05) is 13.0 Å². The van der Waals surface area contributed by atoms with Crippen LogP contribution >= 0.6 is 11.6 Å². The monoisotopic (exact) mass is 286 g/mol. The quantitative estimate of drug-likeness (QED) is 0.506. The van der Waals surface area contributed by atoms with E-state index < -0.39 is 26.9 Å². The molecule has 0 saturated carbocycles. The zero-order chi connectivity index (χ0) is 11.9. The molecular weight excluding hydrogens is 264 g/mol. The van der Waals surface area contributed by atoms with Gasteiger partial charge >= 0.3 is 8.80 Å². The van der Waals surface area contributed by atoms with E-state index in [1.165, 1.54) is 0 Å². The summed E-state index contributed by atoms with van der Waals surface area (Å²) in [6.45, 7) is 8.58. The van der Waals surface area contributed by atoms with E-state index in [0.29, 0.717) is 5.88 Å². The fourth-order valence-electron chi connectivity index (χ4n) is 1.35. The molecule has 0 fully saturated rings. The molecule has 0 saturated heterocycles. The van der Waals surface area contributed by atoms with Crippen molar-refractivity contribution in [1.82, 2.24) is 0 Å². The Labute approximate surface area is 103 Å². The molecule has 7 heteroatoms. The summed E-state index contributed by atoms with van der Waals surface area (Å²) in [5.41, 5.74) is 0. The van der Waals surface area contributed by atoms with Crippen LogP contribution in [0.25, 0.3) is 0 Å². The molecule has 0 spiro atoms. The molecule has 3 nitrogen and oxygen atoms in total. The molecule has 0 bridgehead atoms. The smallest absolute Gasteiger partial charge is 0.419 e. The first-order valence-corrected chi connectivity index (χ1v) is 13.5. The van der Waals surface area contributed by atoms with E-state index >= 15 is 0 Å². The topological polar surface area (TPSA) is 27.7 Å². The molecule has 0 aromatic rings. The van der Waals surface area contributed by atoms with Crippen molar-refractivity contribution in [1.29, 1.82) is 0 Å². The lowest BCUT2D eigenvalue weighted by Crippen LogP contribution is -2.50. The average Bonchev–Trinajstić information content (AvgIpc) is 2.12. The van der Waals surface area contributed by atoms with Crippen molar-refractivity contribution < 1.29 is 12.7 Å². The van der Waals surface area contributed by atoms with E-state index in [2.05, 4.69) is 26.2 Å². The molecule has 0 aromatic carbocycles. The van der Waals surface area contributed by atoms with E-state index in [1.807, 2.05) is 0 Å². The zero-order valence-electron chi connectivity index (χ0n) is 10.4. The third kappa shape index (κ3) is 6.88. The summed E-state index contributed by atoms with van der Waals surface area (Å²) < 4.78 is 17.6. The van der Waals surface area contributed by atoms with E-state index in [9.17, 15) is 0 Å². The van der Waals surface area contributed by atoms with Crippen LogP contribution in [0.15, 0.2) is 0 Å². The first kappa shape index (κ1) is 15.8. The van der Waals surface area contributed by atoms with Crippen molar-refractivity contribution in [3.63, 3.8) is 0 Å². The van der Waals surface area contributed by atoms with Crippen LogP contribution in [-0.4, -0.2) is 39.9 Å². The zero-order valence-corrected chi connectivity index (χ0v) is 14.4. The first-order chi connectivity index (χ1) is 6.95. The highest BCUT2D eigenvalue weighted by Crippen LogP contribution is 2.19. The van der Waals surface area contributed by atoms with Gasteiger partial charge in [-0.25, -0.2) is 0 Å². The molecule has 0 amide bonds. The summed E-state index contributed by atoms with van der Waals surface area (Å²) in [5.74, 6) is 0.643. The number of rotatable bonds is 8. The maximum absolute atomic E-state index is 6.01. The highest BCUT2D eigenvalue weighted by molar-refractivity contribution is 6.75. The second-order valence-corrected chi connectivity index (χ2v) is 12.7. The summed E-state index contributed by atoms with van der Waals surface area (Å²) in [6, 6.07) is 0.851. The van der Waals surface area contributed by atoms with E-state index in [1.54, 1.807) is 7.11 Å². The maximum Gasteiger partial charge on any atom is 0.479 e. The summed E-state index contributed by atoms with van der Waals surface area (Å²) in [5, 5.41) is 0. The Hall–Kier alpha value is 0.821. The highest BCUT2D eigenvalue weighted by Gasteiger charge is 2.40. The van der Waals surface area contributed by atoms with Crippen molar-refractivity contribution in [2.24, 2.45) is 0 Å². The summed E-state index contributed by atoms with van der Waals surface area (Å²) in [7, 11) is -2.92. The van der Waals surface area contributed by atoms with Crippen molar-refractivity contribution in [3.05, 3.63) is 0 Å².